The van der Waals surface area contributed by atoms with Crippen LogP contribution in [-0.2, 0) is 14.3 Å². The van der Waals surface area contributed by atoms with Crippen molar-refractivity contribution in [2.45, 2.75) is 6.10 Å². The maximum Gasteiger partial charge on any atom is 0.336 e. The quantitative estimate of drug-likeness (QED) is 0.911. The number of hydrogen-bond donors (Lipinski definition) is 1. The molecule has 4 nitrogen and oxygen atoms in total. The van der Waals surface area contributed by atoms with Crippen molar-refractivity contribution in [3.8, 4) is 0 Å². The van der Waals surface area contributed by atoms with Crippen molar-refractivity contribution in [3.05, 3.63) is 56.5 Å². The zero-order valence-electron chi connectivity index (χ0n) is 9.42. The molecule has 0 radical (unpaired) electrons. The third-order valence-electron chi connectivity index (χ3n) is 2.87. The average Bonchev–Trinajstić information content (AvgIpc) is 2.99. The van der Waals surface area contributed by atoms with Gasteiger partial charge in [-0.2, -0.15) is 0 Å². The molecule has 2 aliphatic rings. The lowest BCUT2D eigenvalue weighted by Gasteiger charge is -2.12. The molecule has 0 bridgehead atoms. The molecule has 0 aromatic carbocycles. The largest absolute Gasteiger partial charge is 0.478 e. The molecule has 0 amide bonds. The van der Waals surface area contributed by atoms with Gasteiger partial charge in [-0.25, -0.2) is 4.79 Å². The van der Waals surface area contributed by atoms with E-state index in [9.17, 15) is 14.7 Å². The zero-order valence-corrected chi connectivity index (χ0v) is 11.0. The lowest BCUT2D eigenvalue weighted by atomic mass is 9.97. The van der Waals surface area contributed by atoms with E-state index in [1.165, 1.54) is 23.5 Å². The van der Waals surface area contributed by atoms with Crippen molar-refractivity contribution < 1.29 is 19.4 Å². The zero-order chi connectivity index (χ0) is 13.6. The van der Waals surface area contributed by atoms with E-state index in [1.807, 2.05) is 5.38 Å². The van der Waals surface area contributed by atoms with Crippen LogP contribution in [0.4, 0.5) is 0 Å². The monoisotopic (exact) mass is 294 g/mol. The Balaban J connectivity index is 2.21. The predicted molar refractivity (Wildman–Crippen MR) is 69.8 cm³/mol. The minimum atomic E-state index is -1.17. The molecule has 1 aliphatic heterocycles. The maximum absolute atomic E-state index is 11.9. The summed E-state index contributed by atoms with van der Waals surface area (Å²) in [6.45, 7) is 0. The number of fused-ring (bicyclic) bond motifs is 1. The van der Waals surface area contributed by atoms with E-state index in [2.05, 4.69) is 0 Å². The molecule has 96 valence electrons. The summed E-state index contributed by atoms with van der Waals surface area (Å²) in [5, 5.41) is 11.4. The van der Waals surface area contributed by atoms with Crippen LogP contribution in [0.15, 0.2) is 51.6 Å². The van der Waals surface area contributed by atoms with Gasteiger partial charge in [-0.15, -0.1) is 11.3 Å². The van der Waals surface area contributed by atoms with E-state index in [0.29, 0.717) is 0 Å². The summed E-state index contributed by atoms with van der Waals surface area (Å²) in [6.07, 6.45) is 1.89. The van der Waals surface area contributed by atoms with E-state index < -0.39 is 17.9 Å². The van der Waals surface area contributed by atoms with Gasteiger partial charge in [0.15, 0.2) is 17.6 Å². The van der Waals surface area contributed by atoms with Gasteiger partial charge in [-0.1, -0.05) is 17.7 Å². The van der Waals surface area contributed by atoms with Crippen molar-refractivity contribution in [1.29, 1.82) is 0 Å². The minimum absolute atomic E-state index is 0.0510. The highest BCUT2D eigenvalue weighted by Gasteiger charge is 2.41. The summed E-state index contributed by atoms with van der Waals surface area (Å²) in [7, 11) is 0. The van der Waals surface area contributed by atoms with Crippen LogP contribution in [0, 0.1) is 0 Å². The number of halogens is 1. The van der Waals surface area contributed by atoms with Crippen LogP contribution in [0.25, 0.3) is 0 Å². The topological polar surface area (TPSA) is 63.6 Å². The Hall–Kier alpha value is -1.85. The normalized spacial score (nSPS) is 21.7. The van der Waals surface area contributed by atoms with Gasteiger partial charge in [0.05, 0.1) is 16.2 Å². The van der Waals surface area contributed by atoms with Crippen molar-refractivity contribution in [2.24, 2.45) is 0 Å². The molecule has 0 spiro atoms. The number of carboxylic acid groups (broad SMARTS) is 1. The second-order valence-electron chi connectivity index (χ2n) is 3.98. The molecule has 3 rings (SSSR count). The number of thiophene rings is 1. The van der Waals surface area contributed by atoms with Gasteiger partial charge >= 0.3 is 5.97 Å². The minimum Gasteiger partial charge on any atom is -0.478 e. The predicted octanol–water partition coefficient (Wildman–Crippen LogP) is 2.79. The van der Waals surface area contributed by atoms with Gasteiger partial charge in [0.25, 0.3) is 0 Å². The van der Waals surface area contributed by atoms with Crippen molar-refractivity contribution in [2.75, 3.05) is 0 Å². The summed E-state index contributed by atoms with van der Waals surface area (Å²) in [5.41, 5.74) is 0.00310. The lowest BCUT2D eigenvalue weighted by molar-refractivity contribution is -0.133. The fourth-order valence-corrected chi connectivity index (χ4v) is 3.04. The molecule has 6 heteroatoms. The van der Waals surface area contributed by atoms with Crippen molar-refractivity contribution >= 4 is 34.7 Å². The molecule has 0 fully saturated rings. The van der Waals surface area contributed by atoms with Crippen LogP contribution < -0.4 is 0 Å². The number of ketones is 1. The highest BCUT2D eigenvalue weighted by Crippen LogP contribution is 2.45. The third-order valence-corrected chi connectivity index (χ3v) is 4.08. The molecule has 1 aromatic heterocycles. The maximum atomic E-state index is 11.9. The number of carbonyl (C=O) groups excluding carboxylic acids is 1. The van der Waals surface area contributed by atoms with Crippen LogP contribution >= 0.6 is 22.9 Å². The first-order valence-corrected chi connectivity index (χ1v) is 6.65. The van der Waals surface area contributed by atoms with Crippen molar-refractivity contribution in [1.82, 2.24) is 0 Å². The summed E-state index contributed by atoms with van der Waals surface area (Å²) < 4.78 is 5.60. The summed E-state index contributed by atoms with van der Waals surface area (Å²) in [4.78, 5) is 24.0. The second-order valence-corrected chi connectivity index (χ2v) is 5.37. The number of rotatable bonds is 2. The Bertz CT molecular complexity index is 667. The van der Waals surface area contributed by atoms with E-state index >= 15 is 0 Å². The van der Waals surface area contributed by atoms with Gasteiger partial charge in [-0.05, 0) is 23.6 Å². The van der Waals surface area contributed by atoms with Gasteiger partial charge in [0, 0.05) is 4.88 Å². The second kappa shape index (κ2) is 4.36. The van der Waals surface area contributed by atoms with E-state index in [4.69, 9.17) is 16.3 Å². The molecule has 1 aromatic rings. The van der Waals surface area contributed by atoms with E-state index in [0.717, 1.165) is 4.88 Å². The number of ether oxygens (including phenoxy) is 1. The number of hydrogen-bond acceptors (Lipinski definition) is 4. The molecule has 1 N–H and O–H groups in total. The van der Waals surface area contributed by atoms with Gasteiger partial charge < -0.3 is 9.84 Å². The molecular formula is C13H7ClO4S. The Morgan fingerprint density at radius 1 is 1.42 bits per heavy atom. The first-order valence-electron chi connectivity index (χ1n) is 5.39. The van der Waals surface area contributed by atoms with Crippen LogP contribution in [0.5, 0.6) is 0 Å². The fraction of sp³-hybridized carbons (Fsp3) is 0.0769. The summed E-state index contributed by atoms with van der Waals surface area (Å²) >= 11 is 7.34. The van der Waals surface area contributed by atoms with Gasteiger partial charge in [0.2, 0.25) is 0 Å². The number of carbonyl (C=O) groups is 2. The van der Waals surface area contributed by atoms with Crippen LogP contribution in [0.3, 0.4) is 0 Å². The highest BCUT2D eigenvalue weighted by molar-refractivity contribution is 7.10. The average molecular weight is 295 g/mol. The van der Waals surface area contributed by atoms with Crippen LogP contribution in [0.2, 0.25) is 0 Å². The Morgan fingerprint density at radius 3 is 2.84 bits per heavy atom. The van der Waals surface area contributed by atoms with Gasteiger partial charge in [-0.3, -0.25) is 4.79 Å². The molecule has 1 atom stereocenters. The van der Waals surface area contributed by atoms with E-state index in [-0.39, 0.29) is 21.9 Å². The third kappa shape index (κ3) is 1.82. The molecule has 19 heavy (non-hydrogen) atoms. The lowest BCUT2D eigenvalue weighted by Crippen LogP contribution is -2.11. The molecule has 1 aliphatic carbocycles. The van der Waals surface area contributed by atoms with E-state index in [1.54, 1.807) is 12.1 Å². The molecule has 0 saturated carbocycles. The summed E-state index contributed by atoms with van der Waals surface area (Å²) in [5.74, 6) is -1.41. The Morgan fingerprint density at radius 2 is 2.21 bits per heavy atom. The molecular weight excluding hydrogens is 288 g/mol. The first-order chi connectivity index (χ1) is 9.09. The first kappa shape index (κ1) is 12.2. The number of allylic oxidation sites excluding steroid dienone is 4. The highest BCUT2D eigenvalue weighted by atomic mass is 35.5. The van der Waals surface area contributed by atoms with Crippen molar-refractivity contribution in [3.63, 3.8) is 0 Å². The molecule has 1 unspecified atom stereocenters. The standard InChI is InChI=1S/C13H7ClO4S/c14-6-3-4-7(15)9-10(13(16)17)12(18-11(6)9)8-2-1-5-19-8/h1-5,12H,(H,16,17). The van der Waals surface area contributed by atoms with Gasteiger partial charge in [0.1, 0.15) is 0 Å². The Labute approximate surface area is 117 Å². The molecule has 2 heterocycles. The van der Waals surface area contributed by atoms with Crippen LogP contribution in [-0.4, -0.2) is 16.9 Å². The number of aliphatic carboxylic acids is 1. The Kier molecular flexibility index (Phi) is 2.80. The molecule has 0 saturated heterocycles. The summed E-state index contributed by atoms with van der Waals surface area (Å²) in [6, 6.07) is 3.56. The SMILES string of the molecule is O=C(O)C1=C2C(=O)C=CC(Cl)=C2OC1c1cccs1. The number of carboxylic acids is 1. The smallest absolute Gasteiger partial charge is 0.336 e. The fourth-order valence-electron chi connectivity index (χ4n) is 2.08. The van der Waals surface area contributed by atoms with Crippen LogP contribution in [0.1, 0.15) is 11.0 Å².